The number of hydrogen-bond acceptors (Lipinski definition) is 4. The first-order chi connectivity index (χ1) is 9.87. The first-order valence-electron chi connectivity index (χ1n) is 8.23. The minimum atomic E-state index is -4.03. The molecule has 5 nitrogen and oxygen atoms in total. The van der Waals surface area contributed by atoms with Crippen LogP contribution in [-0.2, 0) is 10.1 Å². The van der Waals surface area contributed by atoms with Crippen molar-refractivity contribution in [3.63, 3.8) is 0 Å². The standard InChI is InChI=1S/C15H33NO4S/c1-3-4-5-6-7-8-9-10-11-12-13-15(16(2)17)14-21(18,19)20/h15,17H,3-14H2,1-2H3,(H,18,19,20). The molecule has 1 unspecified atom stereocenters. The fraction of sp³-hybridized carbons (Fsp3) is 1.00. The molecule has 0 heterocycles. The van der Waals surface area contributed by atoms with Crippen molar-refractivity contribution in [3.05, 3.63) is 0 Å². The van der Waals surface area contributed by atoms with E-state index in [1.165, 1.54) is 52.0 Å². The molecule has 2 N–H and O–H groups in total. The summed E-state index contributed by atoms with van der Waals surface area (Å²) in [5, 5.41) is 10.3. The molecule has 6 heteroatoms. The van der Waals surface area contributed by atoms with E-state index in [0.717, 1.165) is 24.3 Å². The molecule has 0 aliphatic heterocycles. The van der Waals surface area contributed by atoms with Gasteiger partial charge in [-0.25, -0.2) is 0 Å². The lowest BCUT2D eigenvalue weighted by Gasteiger charge is -2.20. The van der Waals surface area contributed by atoms with Crippen LogP contribution in [0.3, 0.4) is 0 Å². The molecule has 0 bridgehead atoms. The molecule has 0 amide bonds. The molecule has 0 saturated heterocycles. The second-order valence-corrected chi connectivity index (χ2v) is 7.44. The molecule has 21 heavy (non-hydrogen) atoms. The van der Waals surface area contributed by atoms with Crippen LogP contribution in [0.1, 0.15) is 77.6 Å². The Morgan fingerprint density at radius 3 is 1.71 bits per heavy atom. The van der Waals surface area contributed by atoms with Gasteiger partial charge < -0.3 is 5.21 Å². The molecular weight excluding hydrogens is 290 g/mol. The average Bonchev–Trinajstić information content (AvgIpc) is 2.38. The molecule has 1 atom stereocenters. The van der Waals surface area contributed by atoms with Crippen LogP contribution >= 0.6 is 0 Å². The third kappa shape index (κ3) is 14.5. The van der Waals surface area contributed by atoms with Gasteiger partial charge >= 0.3 is 0 Å². The lowest BCUT2D eigenvalue weighted by atomic mass is 10.0. The zero-order chi connectivity index (χ0) is 16.1. The average molecular weight is 323 g/mol. The second kappa shape index (κ2) is 12.4. The number of rotatable bonds is 14. The molecule has 0 aromatic carbocycles. The van der Waals surface area contributed by atoms with Gasteiger partial charge in [-0.15, -0.1) is 0 Å². The lowest BCUT2D eigenvalue weighted by Crippen LogP contribution is -2.35. The van der Waals surface area contributed by atoms with Gasteiger partial charge in [-0.2, -0.15) is 13.5 Å². The molecule has 128 valence electrons. The Balaban J connectivity index is 3.55. The Bertz CT molecular complexity index is 331. The molecule has 0 aliphatic rings. The second-order valence-electron chi connectivity index (χ2n) is 5.95. The van der Waals surface area contributed by atoms with E-state index in [2.05, 4.69) is 6.92 Å². The van der Waals surface area contributed by atoms with Gasteiger partial charge in [-0.05, 0) is 6.42 Å². The number of hydrogen-bond donors (Lipinski definition) is 2. The van der Waals surface area contributed by atoms with Crippen LogP contribution in [0.25, 0.3) is 0 Å². The summed E-state index contributed by atoms with van der Waals surface area (Å²) in [6.45, 7) is 2.22. The molecule has 0 saturated carbocycles. The maximum Gasteiger partial charge on any atom is 0.266 e. The van der Waals surface area contributed by atoms with Crippen molar-refractivity contribution in [1.29, 1.82) is 0 Å². The Hall–Kier alpha value is -0.170. The van der Waals surface area contributed by atoms with Gasteiger partial charge in [0, 0.05) is 7.05 Å². The Morgan fingerprint density at radius 1 is 0.905 bits per heavy atom. The summed E-state index contributed by atoms with van der Waals surface area (Å²) in [7, 11) is -2.61. The Kier molecular flexibility index (Phi) is 12.3. The molecule has 0 radical (unpaired) electrons. The van der Waals surface area contributed by atoms with E-state index in [-0.39, 0.29) is 0 Å². The molecule has 0 spiro atoms. The molecular formula is C15H33NO4S. The van der Waals surface area contributed by atoms with Crippen LogP contribution in [0.4, 0.5) is 0 Å². The predicted molar refractivity (Wildman–Crippen MR) is 86.2 cm³/mol. The summed E-state index contributed by atoms with van der Waals surface area (Å²) in [5.74, 6) is -0.405. The predicted octanol–water partition coefficient (Wildman–Crippen LogP) is 3.87. The summed E-state index contributed by atoms with van der Waals surface area (Å²) >= 11 is 0. The van der Waals surface area contributed by atoms with E-state index < -0.39 is 21.9 Å². The smallest absolute Gasteiger partial charge is 0.266 e. The van der Waals surface area contributed by atoms with Crippen LogP contribution in [0, 0.1) is 0 Å². The summed E-state index contributed by atoms with van der Waals surface area (Å²) in [4.78, 5) is 0. The topological polar surface area (TPSA) is 77.8 Å². The van der Waals surface area contributed by atoms with Crippen molar-refractivity contribution in [1.82, 2.24) is 5.06 Å². The van der Waals surface area contributed by atoms with Crippen LogP contribution in [0.15, 0.2) is 0 Å². The molecule has 0 aromatic rings. The Labute approximate surface area is 130 Å². The largest absolute Gasteiger partial charge is 0.314 e. The van der Waals surface area contributed by atoms with Crippen molar-refractivity contribution in [2.45, 2.75) is 83.6 Å². The van der Waals surface area contributed by atoms with Gasteiger partial charge in [0.15, 0.2) is 0 Å². The van der Waals surface area contributed by atoms with Gasteiger partial charge in [-0.3, -0.25) is 4.55 Å². The van der Waals surface area contributed by atoms with Crippen molar-refractivity contribution in [2.24, 2.45) is 0 Å². The van der Waals surface area contributed by atoms with Gasteiger partial charge in [-0.1, -0.05) is 71.1 Å². The van der Waals surface area contributed by atoms with Crippen molar-refractivity contribution >= 4 is 10.1 Å². The van der Waals surface area contributed by atoms with Crippen LogP contribution < -0.4 is 0 Å². The van der Waals surface area contributed by atoms with Crippen LogP contribution in [0.5, 0.6) is 0 Å². The van der Waals surface area contributed by atoms with E-state index in [1.807, 2.05) is 0 Å². The molecule has 0 fully saturated rings. The third-order valence-corrected chi connectivity index (χ3v) is 4.63. The highest BCUT2D eigenvalue weighted by molar-refractivity contribution is 7.85. The minimum Gasteiger partial charge on any atom is -0.314 e. The summed E-state index contributed by atoms with van der Waals surface area (Å²) in [6, 6.07) is -0.519. The third-order valence-electron chi connectivity index (χ3n) is 3.82. The van der Waals surface area contributed by atoms with Gasteiger partial charge in [0.25, 0.3) is 10.1 Å². The van der Waals surface area contributed by atoms with E-state index in [9.17, 15) is 13.6 Å². The fourth-order valence-electron chi connectivity index (χ4n) is 2.49. The van der Waals surface area contributed by atoms with E-state index in [0.29, 0.717) is 6.42 Å². The van der Waals surface area contributed by atoms with Gasteiger partial charge in [0.05, 0.1) is 11.8 Å². The number of nitrogens with zero attached hydrogens (tertiary/aromatic N) is 1. The first-order valence-corrected chi connectivity index (χ1v) is 9.84. The highest BCUT2D eigenvalue weighted by Gasteiger charge is 2.19. The number of unbranched alkanes of at least 4 members (excludes halogenated alkanes) is 9. The minimum absolute atomic E-state index is 0.405. The quantitative estimate of drug-likeness (QED) is 0.288. The van der Waals surface area contributed by atoms with Crippen LogP contribution in [-0.4, -0.2) is 42.1 Å². The molecule has 0 rings (SSSR count). The van der Waals surface area contributed by atoms with Crippen molar-refractivity contribution in [3.8, 4) is 0 Å². The molecule has 0 aromatic heterocycles. The van der Waals surface area contributed by atoms with Gasteiger partial charge in [0.2, 0.25) is 0 Å². The van der Waals surface area contributed by atoms with Gasteiger partial charge in [0.1, 0.15) is 0 Å². The number of hydroxylamine groups is 2. The Morgan fingerprint density at radius 2 is 1.33 bits per heavy atom. The first kappa shape index (κ1) is 20.8. The summed E-state index contributed by atoms with van der Waals surface area (Å²) < 4.78 is 30.5. The van der Waals surface area contributed by atoms with E-state index in [4.69, 9.17) is 4.55 Å². The maximum atomic E-state index is 10.8. The summed E-state index contributed by atoms with van der Waals surface area (Å²) in [6.07, 6.45) is 12.8. The highest BCUT2D eigenvalue weighted by Crippen LogP contribution is 2.13. The van der Waals surface area contributed by atoms with E-state index >= 15 is 0 Å². The fourth-order valence-corrected chi connectivity index (χ4v) is 3.36. The van der Waals surface area contributed by atoms with Crippen molar-refractivity contribution < 1.29 is 18.2 Å². The van der Waals surface area contributed by atoms with Crippen LogP contribution in [0.2, 0.25) is 0 Å². The zero-order valence-corrected chi connectivity index (χ0v) is 14.4. The lowest BCUT2D eigenvalue weighted by molar-refractivity contribution is -0.0982. The zero-order valence-electron chi connectivity index (χ0n) is 13.6. The normalized spacial score (nSPS) is 13.8. The van der Waals surface area contributed by atoms with E-state index in [1.54, 1.807) is 0 Å². The summed E-state index contributed by atoms with van der Waals surface area (Å²) in [5.41, 5.74) is 0. The van der Waals surface area contributed by atoms with Crippen molar-refractivity contribution in [2.75, 3.05) is 12.8 Å². The molecule has 0 aliphatic carbocycles. The SMILES string of the molecule is CCCCCCCCCCCCC(CS(=O)(=O)O)N(C)O. The maximum absolute atomic E-state index is 10.8. The monoisotopic (exact) mass is 323 g/mol. The highest BCUT2D eigenvalue weighted by atomic mass is 32.2.